The van der Waals surface area contributed by atoms with Crippen molar-refractivity contribution in [3.8, 4) is 0 Å². The van der Waals surface area contributed by atoms with Gasteiger partial charge in [-0.05, 0) is 25.7 Å². The van der Waals surface area contributed by atoms with E-state index in [1.54, 1.807) is 4.57 Å². The lowest BCUT2D eigenvalue weighted by Crippen LogP contribution is -2.27. The van der Waals surface area contributed by atoms with Crippen molar-refractivity contribution in [2.75, 3.05) is 11.5 Å². The van der Waals surface area contributed by atoms with Crippen LogP contribution in [0.25, 0.3) is 0 Å². The summed E-state index contributed by atoms with van der Waals surface area (Å²) in [4.78, 5) is 15.7. The van der Waals surface area contributed by atoms with Crippen molar-refractivity contribution in [3.05, 3.63) is 16.7 Å². The summed E-state index contributed by atoms with van der Waals surface area (Å²) >= 11 is 6.11. The zero-order valence-corrected chi connectivity index (χ0v) is 12.3. The SMILES string of the molecule is O=C(O)C1CCCc2c(Cl)nc(C3CCS(=O)(=O)C3)n21. The fourth-order valence-corrected chi connectivity index (χ4v) is 5.15. The van der Waals surface area contributed by atoms with E-state index in [0.717, 1.165) is 12.1 Å². The molecule has 1 N–H and O–H groups in total. The van der Waals surface area contributed by atoms with Crippen molar-refractivity contribution in [2.45, 2.75) is 37.6 Å². The van der Waals surface area contributed by atoms with Crippen LogP contribution in [0.15, 0.2) is 0 Å². The van der Waals surface area contributed by atoms with Gasteiger partial charge in [0.05, 0.1) is 17.2 Å². The molecule has 2 atom stereocenters. The number of hydrogen-bond donors (Lipinski definition) is 1. The van der Waals surface area contributed by atoms with E-state index in [1.807, 2.05) is 0 Å². The molecule has 0 spiro atoms. The van der Waals surface area contributed by atoms with Crippen LogP contribution in [-0.4, -0.2) is 40.6 Å². The zero-order valence-electron chi connectivity index (χ0n) is 10.7. The summed E-state index contributed by atoms with van der Waals surface area (Å²) in [6.45, 7) is 0. The highest BCUT2D eigenvalue weighted by Crippen LogP contribution is 2.37. The summed E-state index contributed by atoms with van der Waals surface area (Å²) in [5.74, 6) is -0.465. The third-order valence-corrected chi connectivity index (χ3v) is 6.14. The molecule has 2 unspecified atom stereocenters. The smallest absolute Gasteiger partial charge is 0.326 e. The monoisotopic (exact) mass is 318 g/mol. The first-order valence-electron chi connectivity index (χ1n) is 6.59. The number of halogens is 1. The molecule has 3 rings (SSSR count). The van der Waals surface area contributed by atoms with Crippen LogP contribution in [0.2, 0.25) is 5.15 Å². The predicted molar refractivity (Wildman–Crippen MR) is 72.9 cm³/mol. The van der Waals surface area contributed by atoms with Crippen LogP contribution >= 0.6 is 11.6 Å². The lowest BCUT2D eigenvalue weighted by Gasteiger charge is -2.25. The molecule has 6 nitrogen and oxygen atoms in total. The van der Waals surface area contributed by atoms with Gasteiger partial charge in [0.15, 0.2) is 15.0 Å². The van der Waals surface area contributed by atoms with Gasteiger partial charge >= 0.3 is 5.97 Å². The second kappa shape index (κ2) is 4.73. The summed E-state index contributed by atoms with van der Waals surface area (Å²) in [5, 5.41) is 9.67. The zero-order chi connectivity index (χ0) is 14.5. The van der Waals surface area contributed by atoms with Crippen molar-refractivity contribution >= 4 is 27.4 Å². The topological polar surface area (TPSA) is 89.3 Å². The molecule has 1 fully saturated rings. The normalized spacial score (nSPS) is 28.2. The number of fused-ring (bicyclic) bond motifs is 1. The number of carboxylic acid groups (broad SMARTS) is 1. The molecule has 2 aliphatic heterocycles. The van der Waals surface area contributed by atoms with Gasteiger partial charge in [-0.1, -0.05) is 11.6 Å². The van der Waals surface area contributed by atoms with Gasteiger partial charge in [-0.2, -0.15) is 0 Å². The molecule has 8 heteroatoms. The van der Waals surface area contributed by atoms with E-state index in [1.165, 1.54) is 0 Å². The molecule has 1 saturated heterocycles. The molecule has 1 aromatic heterocycles. The van der Waals surface area contributed by atoms with Crippen LogP contribution in [0.1, 0.15) is 42.7 Å². The minimum atomic E-state index is -3.04. The molecule has 3 heterocycles. The molecular weight excluding hydrogens is 304 g/mol. The molecular formula is C12H15ClN2O4S. The second-order valence-corrected chi connectivity index (χ2v) is 8.01. The van der Waals surface area contributed by atoms with Crippen LogP contribution in [0.3, 0.4) is 0 Å². The van der Waals surface area contributed by atoms with Gasteiger partial charge in [0.1, 0.15) is 11.9 Å². The molecule has 110 valence electrons. The van der Waals surface area contributed by atoms with Gasteiger partial charge < -0.3 is 9.67 Å². The number of rotatable bonds is 2. The molecule has 1 aromatic rings. The Labute approximate surface area is 121 Å². The van der Waals surface area contributed by atoms with Crippen molar-refractivity contribution in [1.82, 2.24) is 9.55 Å². The van der Waals surface area contributed by atoms with Gasteiger partial charge in [0, 0.05) is 5.92 Å². The Hall–Kier alpha value is -1.08. The number of aromatic nitrogens is 2. The highest BCUT2D eigenvalue weighted by molar-refractivity contribution is 7.91. The first-order chi connectivity index (χ1) is 9.39. The molecule has 0 aliphatic carbocycles. The highest BCUT2D eigenvalue weighted by atomic mass is 35.5. The van der Waals surface area contributed by atoms with Crippen molar-refractivity contribution in [2.24, 2.45) is 0 Å². The molecule has 0 amide bonds. The first-order valence-corrected chi connectivity index (χ1v) is 8.79. The van der Waals surface area contributed by atoms with E-state index in [0.29, 0.717) is 30.2 Å². The number of aliphatic carboxylic acids is 1. The average Bonchev–Trinajstić information content (AvgIpc) is 2.90. The molecule has 0 aromatic carbocycles. The van der Waals surface area contributed by atoms with Gasteiger partial charge in [0.2, 0.25) is 0 Å². The molecule has 2 aliphatic rings. The second-order valence-electron chi connectivity index (χ2n) is 5.42. The van der Waals surface area contributed by atoms with Gasteiger partial charge in [0.25, 0.3) is 0 Å². The Bertz CT molecular complexity index is 667. The van der Waals surface area contributed by atoms with E-state index in [4.69, 9.17) is 11.6 Å². The van der Waals surface area contributed by atoms with Crippen molar-refractivity contribution in [3.63, 3.8) is 0 Å². The van der Waals surface area contributed by atoms with E-state index in [-0.39, 0.29) is 17.4 Å². The largest absolute Gasteiger partial charge is 0.480 e. The van der Waals surface area contributed by atoms with Gasteiger partial charge in [-0.25, -0.2) is 18.2 Å². The Morgan fingerprint density at radius 2 is 2.15 bits per heavy atom. The summed E-state index contributed by atoms with van der Waals surface area (Å²) in [5.41, 5.74) is 0.726. The number of nitrogens with zero attached hydrogens (tertiary/aromatic N) is 2. The lowest BCUT2D eigenvalue weighted by atomic mass is 10.0. The summed E-state index contributed by atoms with van der Waals surface area (Å²) in [6, 6.07) is -0.683. The Morgan fingerprint density at radius 1 is 1.40 bits per heavy atom. The molecule has 0 radical (unpaired) electrons. The van der Waals surface area contributed by atoms with Gasteiger partial charge in [-0.15, -0.1) is 0 Å². The van der Waals surface area contributed by atoms with Crippen LogP contribution in [0.4, 0.5) is 0 Å². The minimum absolute atomic E-state index is 0.0339. The predicted octanol–water partition coefficient (Wildman–Crippen LogP) is 1.40. The van der Waals surface area contributed by atoms with Gasteiger partial charge in [-0.3, -0.25) is 0 Å². The van der Waals surface area contributed by atoms with E-state index in [9.17, 15) is 18.3 Å². The Balaban J connectivity index is 2.07. The highest BCUT2D eigenvalue weighted by Gasteiger charge is 2.37. The van der Waals surface area contributed by atoms with Crippen LogP contribution in [-0.2, 0) is 21.1 Å². The fourth-order valence-electron chi connectivity index (χ4n) is 3.14. The first kappa shape index (κ1) is 13.9. The maximum Gasteiger partial charge on any atom is 0.326 e. The number of sulfone groups is 1. The summed E-state index contributed by atoms with van der Waals surface area (Å²) in [6.07, 6.45) is 2.46. The van der Waals surface area contributed by atoms with Crippen molar-refractivity contribution in [1.29, 1.82) is 0 Å². The molecule has 0 saturated carbocycles. The number of hydrogen-bond acceptors (Lipinski definition) is 4. The third-order valence-electron chi connectivity index (χ3n) is 4.07. The lowest BCUT2D eigenvalue weighted by molar-refractivity contribution is -0.141. The summed E-state index contributed by atoms with van der Waals surface area (Å²) in [7, 11) is -3.04. The quantitative estimate of drug-likeness (QED) is 0.890. The fraction of sp³-hybridized carbons (Fsp3) is 0.667. The number of carbonyl (C=O) groups is 1. The van der Waals surface area contributed by atoms with Crippen LogP contribution in [0.5, 0.6) is 0 Å². The maximum absolute atomic E-state index is 11.6. The molecule has 0 bridgehead atoms. The van der Waals surface area contributed by atoms with Crippen molar-refractivity contribution < 1.29 is 18.3 Å². The Morgan fingerprint density at radius 3 is 2.75 bits per heavy atom. The third kappa shape index (κ3) is 2.22. The minimum Gasteiger partial charge on any atom is -0.480 e. The number of imidazole rings is 1. The van der Waals surface area contributed by atoms with Crippen LogP contribution < -0.4 is 0 Å². The standard InChI is InChI=1S/C12H15ClN2O4S/c13-10-8-2-1-3-9(12(16)17)15(8)11(14-10)7-4-5-20(18,19)6-7/h7,9H,1-6H2,(H,16,17). The number of carboxylic acids is 1. The van der Waals surface area contributed by atoms with E-state index >= 15 is 0 Å². The maximum atomic E-state index is 11.6. The molecule has 20 heavy (non-hydrogen) atoms. The van der Waals surface area contributed by atoms with E-state index < -0.39 is 21.8 Å². The van der Waals surface area contributed by atoms with Crippen LogP contribution in [0, 0.1) is 0 Å². The average molecular weight is 319 g/mol. The summed E-state index contributed by atoms with van der Waals surface area (Å²) < 4.78 is 24.9. The Kier molecular flexibility index (Phi) is 3.29. The van der Waals surface area contributed by atoms with E-state index in [2.05, 4.69) is 4.98 Å².